The molecule has 1 aliphatic heterocycles. The van der Waals surface area contributed by atoms with E-state index in [4.69, 9.17) is 4.84 Å². The smallest absolute Gasteiger partial charge is 0.0846 e. The number of hydrogen-bond donors (Lipinski definition) is 0. The van der Waals surface area contributed by atoms with Crippen molar-refractivity contribution >= 4 is 0 Å². The number of hydroxylamine groups is 2. The van der Waals surface area contributed by atoms with Gasteiger partial charge in [-0.3, -0.25) is 4.84 Å². The number of nitrogens with zero attached hydrogens (tertiary/aromatic N) is 1. The highest BCUT2D eigenvalue weighted by Gasteiger charge is 2.44. The first-order valence-electron chi connectivity index (χ1n) is 7.46. The molecule has 108 valence electrons. The topological polar surface area (TPSA) is 12.5 Å². The maximum absolute atomic E-state index is 6.45. The molecule has 0 aromatic carbocycles. The van der Waals surface area contributed by atoms with Crippen LogP contribution in [0.1, 0.15) is 81.1 Å². The molecule has 0 amide bonds. The number of hydrogen-bond acceptors (Lipinski definition) is 2. The van der Waals surface area contributed by atoms with Crippen molar-refractivity contribution in [2.75, 3.05) is 0 Å². The fourth-order valence-electron chi connectivity index (χ4n) is 3.49. The molecule has 1 fully saturated rings. The van der Waals surface area contributed by atoms with Gasteiger partial charge in [0.05, 0.1) is 5.60 Å². The van der Waals surface area contributed by atoms with Gasteiger partial charge >= 0.3 is 0 Å². The van der Waals surface area contributed by atoms with Gasteiger partial charge in [-0.15, -0.1) is 0 Å². The second-order valence-corrected chi connectivity index (χ2v) is 8.22. The lowest BCUT2D eigenvalue weighted by molar-refractivity contribution is -0.331. The van der Waals surface area contributed by atoms with E-state index in [-0.39, 0.29) is 16.7 Å². The Hall–Kier alpha value is -0.0800. The van der Waals surface area contributed by atoms with Crippen molar-refractivity contribution in [1.29, 1.82) is 0 Å². The van der Waals surface area contributed by atoms with E-state index in [1.165, 1.54) is 19.3 Å². The Balaban J connectivity index is 2.84. The monoisotopic (exact) mass is 255 g/mol. The lowest BCUT2D eigenvalue weighted by atomic mass is 9.82. The van der Waals surface area contributed by atoms with Crippen LogP contribution in [0.4, 0.5) is 0 Å². The normalized spacial score (nSPS) is 24.5. The molecule has 0 N–H and O–H groups in total. The van der Waals surface area contributed by atoms with E-state index in [1.54, 1.807) is 0 Å². The summed E-state index contributed by atoms with van der Waals surface area (Å²) in [5, 5.41) is 2.28. The molecule has 1 saturated heterocycles. The summed E-state index contributed by atoms with van der Waals surface area (Å²) in [6.45, 7) is 18.2. The van der Waals surface area contributed by atoms with E-state index < -0.39 is 0 Å². The van der Waals surface area contributed by atoms with Crippen LogP contribution in [-0.2, 0) is 4.84 Å². The second kappa shape index (κ2) is 5.13. The van der Waals surface area contributed by atoms with E-state index in [0.29, 0.717) is 5.92 Å². The summed E-state index contributed by atoms with van der Waals surface area (Å²) in [5.74, 6) is 0.663. The largest absolute Gasteiger partial charge is 0.292 e. The number of piperidine rings is 1. The van der Waals surface area contributed by atoms with E-state index in [0.717, 1.165) is 6.42 Å². The fourth-order valence-corrected chi connectivity index (χ4v) is 3.49. The predicted molar refractivity (Wildman–Crippen MR) is 78.5 cm³/mol. The van der Waals surface area contributed by atoms with Gasteiger partial charge in [0.25, 0.3) is 0 Å². The summed E-state index contributed by atoms with van der Waals surface area (Å²) in [4.78, 5) is 6.45. The minimum Gasteiger partial charge on any atom is -0.292 e. The van der Waals surface area contributed by atoms with E-state index in [9.17, 15) is 0 Å². The quantitative estimate of drug-likeness (QED) is 0.716. The van der Waals surface area contributed by atoms with E-state index >= 15 is 0 Å². The van der Waals surface area contributed by atoms with Gasteiger partial charge < -0.3 is 0 Å². The number of rotatable bonds is 4. The molecule has 0 unspecified atom stereocenters. The molecule has 1 aliphatic rings. The first-order chi connectivity index (χ1) is 7.96. The standard InChI is InChI=1S/C16H33NO/c1-13(2)12-16(7,8)18-17-14(3,4)10-9-11-15(17,5)6/h13H,9-12H2,1-8H3. The molecule has 18 heavy (non-hydrogen) atoms. The highest BCUT2D eigenvalue weighted by atomic mass is 16.7. The maximum atomic E-state index is 6.45. The molecule has 0 aromatic rings. The molecule has 2 heteroatoms. The molecule has 0 saturated carbocycles. The van der Waals surface area contributed by atoms with Gasteiger partial charge in [-0.25, -0.2) is 0 Å². The van der Waals surface area contributed by atoms with Crippen molar-refractivity contribution in [3.8, 4) is 0 Å². The minimum absolute atomic E-state index is 0.0833. The molecule has 0 bridgehead atoms. The Morgan fingerprint density at radius 3 is 1.89 bits per heavy atom. The van der Waals surface area contributed by atoms with Gasteiger partial charge in [-0.05, 0) is 73.1 Å². The summed E-state index contributed by atoms with van der Waals surface area (Å²) in [7, 11) is 0. The van der Waals surface area contributed by atoms with Gasteiger partial charge in [0.15, 0.2) is 0 Å². The Kier molecular flexibility index (Phi) is 4.55. The molecule has 0 spiro atoms. The zero-order valence-corrected chi connectivity index (χ0v) is 13.8. The van der Waals surface area contributed by atoms with Crippen molar-refractivity contribution in [1.82, 2.24) is 5.06 Å². The van der Waals surface area contributed by atoms with Gasteiger partial charge in [-0.1, -0.05) is 13.8 Å². The molecular weight excluding hydrogens is 222 g/mol. The Bertz CT molecular complexity index is 263. The minimum atomic E-state index is -0.0833. The van der Waals surface area contributed by atoms with Crippen LogP contribution in [0.5, 0.6) is 0 Å². The molecule has 1 heterocycles. The Morgan fingerprint density at radius 1 is 1.06 bits per heavy atom. The molecule has 0 radical (unpaired) electrons. The van der Waals surface area contributed by atoms with E-state index in [2.05, 4.69) is 60.5 Å². The summed E-state index contributed by atoms with van der Waals surface area (Å²) >= 11 is 0. The molecule has 2 nitrogen and oxygen atoms in total. The lowest BCUT2D eigenvalue weighted by Gasteiger charge is -2.54. The Labute approximate surface area is 114 Å². The average Bonchev–Trinajstić information content (AvgIpc) is 2.09. The molecule has 0 atom stereocenters. The summed E-state index contributed by atoms with van der Waals surface area (Å²) < 4.78 is 0. The summed E-state index contributed by atoms with van der Waals surface area (Å²) in [5.41, 5.74) is 0.187. The van der Waals surface area contributed by atoms with Crippen molar-refractivity contribution in [2.24, 2.45) is 5.92 Å². The van der Waals surface area contributed by atoms with Crippen molar-refractivity contribution in [3.05, 3.63) is 0 Å². The SMILES string of the molecule is CC(C)CC(C)(C)ON1C(C)(C)CCCC1(C)C. The fraction of sp³-hybridized carbons (Fsp3) is 1.00. The third-order valence-corrected chi connectivity index (χ3v) is 3.91. The van der Waals surface area contributed by atoms with Gasteiger partial charge in [0.2, 0.25) is 0 Å². The van der Waals surface area contributed by atoms with Crippen molar-refractivity contribution in [3.63, 3.8) is 0 Å². The zero-order chi connectivity index (χ0) is 14.2. The average molecular weight is 255 g/mol. The summed E-state index contributed by atoms with van der Waals surface area (Å²) in [6, 6.07) is 0. The first-order valence-corrected chi connectivity index (χ1v) is 7.46. The third kappa shape index (κ3) is 3.96. The molecule has 0 aromatic heterocycles. The molecule has 0 aliphatic carbocycles. The van der Waals surface area contributed by atoms with Crippen LogP contribution >= 0.6 is 0 Å². The van der Waals surface area contributed by atoms with Crippen LogP contribution in [-0.4, -0.2) is 21.7 Å². The highest BCUT2D eigenvalue weighted by Crippen LogP contribution is 2.40. The van der Waals surface area contributed by atoms with Gasteiger partial charge in [-0.2, -0.15) is 5.06 Å². The van der Waals surface area contributed by atoms with Crippen molar-refractivity contribution < 1.29 is 4.84 Å². The van der Waals surface area contributed by atoms with Crippen LogP contribution in [0, 0.1) is 5.92 Å². The summed E-state index contributed by atoms with van der Waals surface area (Å²) in [6.07, 6.45) is 4.82. The maximum Gasteiger partial charge on any atom is 0.0846 e. The van der Waals surface area contributed by atoms with E-state index in [1.807, 2.05) is 0 Å². The van der Waals surface area contributed by atoms with Gasteiger partial charge in [0, 0.05) is 11.1 Å². The zero-order valence-electron chi connectivity index (χ0n) is 13.8. The van der Waals surface area contributed by atoms with Crippen LogP contribution in [0.15, 0.2) is 0 Å². The highest BCUT2D eigenvalue weighted by molar-refractivity contribution is 4.93. The predicted octanol–water partition coefficient (Wildman–Crippen LogP) is 4.79. The molecular formula is C16H33NO. The van der Waals surface area contributed by atoms with Gasteiger partial charge in [0.1, 0.15) is 0 Å². The third-order valence-electron chi connectivity index (χ3n) is 3.91. The first kappa shape index (κ1) is 16.0. The van der Waals surface area contributed by atoms with Crippen LogP contribution in [0.3, 0.4) is 0 Å². The molecule has 1 rings (SSSR count). The second-order valence-electron chi connectivity index (χ2n) is 8.22. The van der Waals surface area contributed by atoms with Crippen molar-refractivity contribution in [2.45, 2.75) is 97.8 Å². The Morgan fingerprint density at radius 2 is 1.50 bits per heavy atom. The van der Waals surface area contributed by atoms with Crippen LogP contribution in [0.2, 0.25) is 0 Å². The van der Waals surface area contributed by atoms with Crippen LogP contribution in [0.25, 0.3) is 0 Å². The lowest BCUT2D eigenvalue weighted by Crippen LogP contribution is -2.60. The van der Waals surface area contributed by atoms with Crippen LogP contribution < -0.4 is 0 Å².